The predicted molar refractivity (Wildman–Crippen MR) is 95.4 cm³/mol. The molecular weight excluding hydrogens is 329 g/mol. The molecule has 1 aliphatic rings. The highest BCUT2D eigenvalue weighted by Gasteiger charge is 2.21. The first-order valence-corrected chi connectivity index (χ1v) is 8.23. The molecule has 0 spiro atoms. The number of halogens is 2. The Bertz CT molecular complexity index is 745. The lowest BCUT2D eigenvalue weighted by atomic mass is 10.2. The van der Waals surface area contributed by atoms with Crippen LogP contribution in [0.3, 0.4) is 0 Å². The van der Waals surface area contributed by atoms with E-state index in [4.69, 9.17) is 11.6 Å². The minimum absolute atomic E-state index is 0.0996. The van der Waals surface area contributed by atoms with E-state index >= 15 is 0 Å². The lowest BCUT2D eigenvalue weighted by molar-refractivity contribution is 0.208. The summed E-state index contributed by atoms with van der Waals surface area (Å²) in [7, 11) is 0. The molecule has 2 aromatic rings. The van der Waals surface area contributed by atoms with Crippen molar-refractivity contribution >= 4 is 29.0 Å². The summed E-state index contributed by atoms with van der Waals surface area (Å²) in [6, 6.07) is 12.3. The zero-order chi connectivity index (χ0) is 17.1. The van der Waals surface area contributed by atoms with E-state index in [2.05, 4.69) is 10.2 Å². The topological polar surface area (TPSA) is 35.6 Å². The average Bonchev–Trinajstić information content (AvgIpc) is 2.57. The smallest absolute Gasteiger partial charge is 0.321 e. The summed E-state index contributed by atoms with van der Waals surface area (Å²) in [6.07, 6.45) is 0. The minimum atomic E-state index is -0.420. The van der Waals surface area contributed by atoms with Gasteiger partial charge in [0.15, 0.2) is 0 Å². The number of urea groups is 1. The molecule has 0 aliphatic carbocycles. The van der Waals surface area contributed by atoms with Gasteiger partial charge in [-0.05, 0) is 42.8 Å². The van der Waals surface area contributed by atoms with Crippen molar-refractivity contribution in [2.45, 2.75) is 6.92 Å². The highest BCUT2D eigenvalue weighted by molar-refractivity contribution is 6.31. The fourth-order valence-electron chi connectivity index (χ4n) is 2.77. The Kier molecular flexibility index (Phi) is 4.90. The monoisotopic (exact) mass is 347 g/mol. The third kappa shape index (κ3) is 3.79. The van der Waals surface area contributed by atoms with Crippen LogP contribution in [0.5, 0.6) is 0 Å². The highest BCUT2D eigenvalue weighted by Crippen LogP contribution is 2.23. The van der Waals surface area contributed by atoms with Crippen LogP contribution in [0.25, 0.3) is 0 Å². The molecule has 0 aromatic heterocycles. The van der Waals surface area contributed by atoms with E-state index in [0.717, 1.165) is 16.9 Å². The third-order valence-corrected chi connectivity index (χ3v) is 4.39. The van der Waals surface area contributed by atoms with Crippen molar-refractivity contribution in [3.63, 3.8) is 0 Å². The number of aryl methyl sites for hydroxylation is 1. The van der Waals surface area contributed by atoms with Gasteiger partial charge in [-0.2, -0.15) is 0 Å². The second-order valence-corrected chi connectivity index (χ2v) is 6.28. The average molecular weight is 348 g/mol. The number of nitrogens with zero attached hydrogens (tertiary/aromatic N) is 2. The van der Waals surface area contributed by atoms with E-state index in [-0.39, 0.29) is 11.1 Å². The van der Waals surface area contributed by atoms with Gasteiger partial charge in [0.05, 0.1) is 5.02 Å². The summed E-state index contributed by atoms with van der Waals surface area (Å²) in [5.74, 6) is -0.420. The van der Waals surface area contributed by atoms with Crippen LogP contribution in [0, 0.1) is 12.7 Å². The molecule has 4 nitrogen and oxygen atoms in total. The Morgan fingerprint density at radius 2 is 1.88 bits per heavy atom. The van der Waals surface area contributed by atoms with Crippen molar-refractivity contribution in [3.8, 4) is 0 Å². The number of carbonyl (C=O) groups is 1. The quantitative estimate of drug-likeness (QED) is 0.886. The molecule has 0 saturated carbocycles. The number of piperazine rings is 1. The van der Waals surface area contributed by atoms with E-state index < -0.39 is 5.82 Å². The Morgan fingerprint density at radius 1 is 1.12 bits per heavy atom. The molecule has 126 valence electrons. The number of nitrogens with one attached hydrogen (secondary N) is 1. The largest absolute Gasteiger partial charge is 0.368 e. The summed E-state index contributed by atoms with van der Waals surface area (Å²) in [5.41, 5.74) is 2.78. The molecule has 0 bridgehead atoms. The van der Waals surface area contributed by atoms with Gasteiger partial charge in [0.1, 0.15) is 5.82 Å². The van der Waals surface area contributed by atoms with Crippen molar-refractivity contribution in [1.82, 2.24) is 4.90 Å². The number of rotatable bonds is 2. The molecule has 0 unspecified atom stereocenters. The Hall–Kier alpha value is -2.27. The maximum Gasteiger partial charge on any atom is 0.321 e. The number of hydrogen-bond acceptors (Lipinski definition) is 2. The predicted octanol–water partition coefficient (Wildman–Crippen LogP) is 4.14. The first-order chi connectivity index (χ1) is 11.5. The number of anilines is 2. The molecule has 1 heterocycles. The van der Waals surface area contributed by atoms with Gasteiger partial charge in [-0.25, -0.2) is 9.18 Å². The molecule has 3 rings (SSSR count). The maximum absolute atomic E-state index is 13.3. The van der Waals surface area contributed by atoms with Crippen LogP contribution in [0.4, 0.5) is 20.6 Å². The summed E-state index contributed by atoms with van der Waals surface area (Å²) in [4.78, 5) is 16.2. The molecule has 2 amide bonds. The van der Waals surface area contributed by atoms with Crippen molar-refractivity contribution in [3.05, 3.63) is 58.9 Å². The molecule has 1 aliphatic heterocycles. The Labute approximate surface area is 145 Å². The van der Waals surface area contributed by atoms with Crippen LogP contribution in [0.15, 0.2) is 42.5 Å². The minimum Gasteiger partial charge on any atom is -0.368 e. The fourth-order valence-corrected chi connectivity index (χ4v) is 2.95. The van der Waals surface area contributed by atoms with E-state index in [1.807, 2.05) is 31.2 Å². The van der Waals surface area contributed by atoms with E-state index in [1.165, 1.54) is 6.07 Å². The SMILES string of the molecule is Cc1cccc(NC(=O)N2CCN(c3ccc(F)c(Cl)c3)CC2)c1. The molecule has 1 saturated heterocycles. The molecule has 2 aromatic carbocycles. The first-order valence-electron chi connectivity index (χ1n) is 7.85. The Morgan fingerprint density at radius 3 is 2.54 bits per heavy atom. The second-order valence-electron chi connectivity index (χ2n) is 5.87. The standard InChI is InChI=1S/C18H19ClFN3O/c1-13-3-2-4-14(11-13)21-18(24)23-9-7-22(8-10-23)15-5-6-17(20)16(19)12-15/h2-6,11-12H,7-10H2,1H3,(H,21,24). The molecule has 6 heteroatoms. The normalized spacial score (nSPS) is 14.6. The van der Waals surface area contributed by atoms with Gasteiger partial charge in [-0.1, -0.05) is 23.7 Å². The molecule has 0 atom stereocenters. The number of benzene rings is 2. The third-order valence-electron chi connectivity index (χ3n) is 4.10. The molecule has 24 heavy (non-hydrogen) atoms. The van der Waals surface area contributed by atoms with Crippen molar-refractivity contribution in [2.24, 2.45) is 0 Å². The van der Waals surface area contributed by atoms with Crippen LogP contribution < -0.4 is 10.2 Å². The summed E-state index contributed by atoms with van der Waals surface area (Å²) in [5, 5.41) is 3.04. The van der Waals surface area contributed by atoms with Crippen molar-refractivity contribution in [1.29, 1.82) is 0 Å². The maximum atomic E-state index is 13.3. The zero-order valence-electron chi connectivity index (χ0n) is 13.4. The van der Waals surface area contributed by atoms with Gasteiger partial charge < -0.3 is 15.1 Å². The fraction of sp³-hybridized carbons (Fsp3) is 0.278. The Balaban J connectivity index is 1.58. The number of carbonyl (C=O) groups excluding carboxylic acids is 1. The van der Waals surface area contributed by atoms with E-state index in [0.29, 0.717) is 26.2 Å². The lowest BCUT2D eigenvalue weighted by Crippen LogP contribution is -2.50. The van der Waals surface area contributed by atoms with Crippen molar-refractivity contribution < 1.29 is 9.18 Å². The van der Waals surface area contributed by atoms with Crippen molar-refractivity contribution in [2.75, 3.05) is 36.4 Å². The number of hydrogen-bond donors (Lipinski definition) is 1. The van der Waals surface area contributed by atoms with Crippen LogP contribution in [-0.2, 0) is 0 Å². The molecule has 1 fully saturated rings. The van der Waals surface area contributed by atoms with Gasteiger partial charge in [-0.3, -0.25) is 0 Å². The lowest BCUT2D eigenvalue weighted by Gasteiger charge is -2.36. The second kappa shape index (κ2) is 7.09. The van der Waals surface area contributed by atoms with Crippen LogP contribution in [-0.4, -0.2) is 37.1 Å². The van der Waals surface area contributed by atoms with Gasteiger partial charge in [0.25, 0.3) is 0 Å². The summed E-state index contributed by atoms with van der Waals surface area (Å²) in [6.45, 7) is 4.56. The van der Waals surface area contributed by atoms with Crippen LogP contribution in [0.2, 0.25) is 5.02 Å². The zero-order valence-corrected chi connectivity index (χ0v) is 14.2. The summed E-state index contributed by atoms with van der Waals surface area (Å²) < 4.78 is 13.3. The first kappa shape index (κ1) is 16.6. The van der Waals surface area contributed by atoms with Gasteiger partial charge in [0.2, 0.25) is 0 Å². The van der Waals surface area contributed by atoms with E-state index in [9.17, 15) is 9.18 Å². The van der Waals surface area contributed by atoms with Gasteiger partial charge in [-0.15, -0.1) is 0 Å². The molecule has 1 N–H and O–H groups in total. The molecule has 0 radical (unpaired) electrons. The van der Waals surface area contributed by atoms with Crippen LogP contribution in [0.1, 0.15) is 5.56 Å². The van der Waals surface area contributed by atoms with Gasteiger partial charge >= 0.3 is 6.03 Å². The number of amides is 2. The summed E-state index contributed by atoms with van der Waals surface area (Å²) >= 11 is 5.84. The van der Waals surface area contributed by atoms with E-state index in [1.54, 1.807) is 17.0 Å². The van der Waals surface area contributed by atoms with Gasteiger partial charge in [0, 0.05) is 37.6 Å². The highest BCUT2D eigenvalue weighted by atomic mass is 35.5. The van der Waals surface area contributed by atoms with Crippen LogP contribution >= 0.6 is 11.6 Å². The molecular formula is C18H19ClFN3O.